The Kier molecular flexibility index (Phi) is 4.54. The van der Waals surface area contributed by atoms with Crippen molar-refractivity contribution in [1.29, 1.82) is 0 Å². The number of nitrogens with two attached hydrogens (primary N) is 1. The molecule has 2 aromatic heterocycles. The lowest BCUT2D eigenvalue weighted by Crippen LogP contribution is -2.26. The molecule has 5 nitrogen and oxygen atoms in total. The zero-order chi connectivity index (χ0) is 14.8. The van der Waals surface area contributed by atoms with Crippen LogP contribution in [-0.4, -0.2) is 24.8 Å². The second-order valence-electron chi connectivity index (χ2n) is 4.48. The summed E-state index contributed by atoms with van der Waals surface area (Å²) in [6.07, 6.45) is 0. The van der Waals surface area contributed by atoms with Crippen molar-refractivity contribution in [3.05, 3.63) is 45.9 Å². The molecule has 0 saturated carbocycles. The van der Waals surface area contributed by atoms with Crippen LogP contribution >= 0.6 is 11.3 Å². The minimum atomic E-state index is -3.49. The summed E-state index contributed by atoms with van der Waals surface area (Å²) >= 11 is 1.36. The highest BCUT2D eigenvalue weighted by Crippen LogP contribution is 2.22. The summed E-state index contributed by atoms with van der Waals surface area (Å²) in [4.78, 5) is 5.46. The molecule has 0 unspecified atom stereocenters. The lowest BCUT2D eigenvalue weighted by molar-refractivity contribution is 0.462. The van der Waals surface area contributed by atoms with Crippen molar-refractivity contribution >= 4 is 21.4 Å². The van der Waals surface area contributed by atoms with Crippen LogP contribution in [0.5, 0.6) is 0 Å². The van der Waals surface area contributed by atoms with E-state index in [1.165, 1.54) is 15.6 Å². The van der Waals surface area contributed by atoms with Crippen LogP contribution < -0.4 is 5.73 Å². The molecule has 7 heteroatoms. The second kappa shape index (κ2) is 6.01. The first-order valence-electron chi connectivity index (χ1n) is 6.10. The van der Waals surface area contributed by atoms with Gasteiger partial charge in [0.15, 0.2) is 0 Å². The van der Waals surface area contributed by atoms with Gasteiger partial charge >= 0.3 is 0 Å². The maximum absolute atomic E-state index is 12.4. The zero-order valence-electron chi connectivity index (χ0n) is 11.4. The minimum Gasteiger partial charge on any atom is -0.326 e. The van der Waals surface area contributed by atoms with Gasteiger partial charge in [-0.25, -0.2) is 8.42 Å². The van der Waals surface area contributed by atoms with Crippen LogP contribution in [-0.2, 0) is 23.1 Å². The van der Waals surface area contributed by atoms with Crippen molar-refractivity contribution in [3.8, 4) is 0 Å². The molecular weight excluding hydrogens is 294 g/mol. The van der Waals surface area contributed by atoms with Gasteiger partial charge in [0.05, 0.1) is 17.1 Å². The van der Waals surface area contributed by atoms with Gasteiger partial charge in [-0.3, -0.25) is 4.98 Å². The monoisotopic (exact) mass is 311 g/mol. The molecule has 0 aromatic carbocycles. The van der Waals surface area contributed by atoms with Crippen LogP contribution in [0.2, 0.25) is 0 Å². The Labute approximate surface area is 123 Å². The number of sulfonamides is 1. The van der Waals surface area contributed by atoms with Gasteiger partial charge in [-0.2, -0.15) is 4.31 Å². The van der Waals surface area contributed by atoms with Crippen LogP contribution in [0.3, 0.4) is 0 Å². The quantitative estimate of drug-likeness (QED) is 0.912. The first kappa shape index (κ1) is 15.1. The highest BCUT2D eigenvalue weighted by molar-refractivity contribution is 7.89. The number of nitrogens with zero attached hydrogens (tertiary/aromatic N) is 2. The van der Waals surface area contributed by atoms with E-state index in [-0.39, 0.29) is 11.4 Å². The Bertz CT molecular complexity index is 695. The normalized spacial score (nSPS) is 12.0. The molecule has 20 heavy (non-hydrogen) atoms. The van der Waals surface area contributed by atoms with E-state index in [0.717, 1.165) is 16.3 Å². The molecule has 2 N–H and O–H groups in total. The Hall–Kier alpha value is -1.28. The zero-order valence-corrected chi connectivity index (χ0v) is 13.0. The molecule has 0 atom stereocenters. The van der Waals surface area contributed by atoms with Crippen molar-refractivity contribution in [3.63, 3.8) is 0 Å². The van der Waals surface area contributed by atoms with E-state index in [1.54, 1.807) is 18.5 Å². The van der Waals surface area contributed by atoms with Crippen LogP contribution in [0.25, 0.3) is 0 Å². The largest absolute Gasteiger partial charge is 0.326 e. The average Bonchev–Trinajstić information content (AvgIpc) is 2.88. The molecule has 0 aliphatic heterocycles. The fourth-order valence-electron chi connectivity index (χ4n) is 1.78. The Balaban J connectivity index is 2.21. The third kappa shape index (κ3) is 3.24. The fourth-order valence-corrected chi connectivity index (χ4v) is 4.07. The molecule has 108 valence electrons. The molecule has 2 aromatic rings. The summed E-state index contributed by atoms with van der Waals surface area (Å²) in [6.45, 7) is 2.48. The maximum Gasteiger partial charge on any atom is 0.244 e. The highest BCUT2D eigenvalue weighted by atomic mass is 32.2. The summed E-state index contributed by atoms with van der Waals surface area (Å²) in [6, 6.07) is 7.19. The summed E-state index contributed by atoms with van der Waals surface area (Å²) in [7, 11) is -1.94. The number of hydrogen-bond acceptors (Lipinski definition) is 5. The molecule has 0 spiro atoms. The molecule has 0 amide bonds. The smallest absolute Gasteiger partial charge is 0.244 e. The van der Waals surface area contributed by atoms with Crippen molar-refractivity contribution in [2.75, 3.05) is 7.05 Å². The molecule has 0 aliphatic carbocycles. The van der Waals surface area contributed by atoms with Gasteiger partial charge < -0.3 is 5.73 Å². The summed E-state index contributed by atoms with van der Waals surface area (Å²) in [5, 5.41) is 1.62. The van der Waals surface area contributed by atoms with Crippen LogP contribution in [0, 0.1) is 6.92 Å². The standard InChI is InChI=1S/C13H17N3O2S2/c1-10-4-3-5-11(15-10)8-16(2)20(17,18)13-6-12(7-14)19-9-13/h3-6,9H,7-8,14H2,1-2H3. The van der Waals surface area contributed by atoms with Crippen molar-refractivity contribution in [2.24, 2.45) is 5.73 Å². The molecule has 0 aliphatic rings. The van der Waals surface area contributed by atoms with Gasteiger partial charge in [-0.1, -0.05) is 6.07 Å². The van der Waals surface area contributed by atoms with Gasteiger partial charge in [0.1, 0.15) is 0 Å². The molecule has 0 fully saturated rings. The van der Waals surface area contributed by atoms with E-state index in [4.69, 9.17) is 5.73 Å². The third-order valence-electron chi connectivity index (χ3n) is 2.87. The number of aromatic nitrogens is 1. The molecular formula is C13H17N3O2S2. The number of thiophene rings is 1. The molecule has 2 heterocycles. The van der Waals surface area contributed by atoms with E-state index in [1.807, 2.05) is 25.1 Å². The van der Waals surface area contributed by atoms with Gasteiger partial charge in [-0.05, 0) is 25.1 Å². The lowest BCUT2D eigenvalue weighted by Gasteiger charge is -2.16. The van der Waals surface area contributed by atoms with Crippen molar-refractivity contribution in [1.82, 2.24) is 9.29 Å². The predicted octanol–water partition coefficient (Wildman–Crippen LogP) is 1.73. The highest BCUT2D eigenvalue weighted by Gasteiger charge is 2.22. The van der Waals surface area contributed by atoms with Gasteiger partial charge in [0, 0.05) is 29.5 Å². The van der Waals surface area contributed by atoms with E-state index in [0.29, 0.717) is 6.54 Å². The predicted molar refractivity (Wildman–Crippen MR) is 79.8 cm³/mol. The fraction of sp³-hybridized carbons (Fsp3) is 0.308. The molecule has 2 rings (SSSR count). The number of pyridine rings is 1. The van der Waals surface area contributed by atoms with Gasteiger partial charge in [-0.15, -0.1) is 11.3 Å². The third-order valence-corrected chi connectivity index (χ3v) is 5.76. The number of hydrogen-bond donors (Lipinski definition) is 1. The first-order chi connectivity index (χ1) is 9.43. The Morgan fingerprint density at radius 1 is 1.40 bits per heavy atom. The first-order valence-corrected chi connectivity index (χ1v) is 8.42. The topological polar surface area (TPSA) is 76.3 Å². The number of aryl methyl sites for hydroxylation is 1. The summed E-state index contributed by atoms with van der Waals surface area (Å²) in [5.41, 5.74) is 7.11. The maximum atomic E-state index is 12.4. The van der Waals surface area contributed by atoms with Crippen molar-refractivity contribution in [2.45, 2.75) is 24.9 Å². The summed E-state index contributed by atoms with van der Waals surface area (Å²) < 4.78 is 26.1. The lowest BCUT2D eigenvalue weighted by atomic mass is 10.3. The molecule has 0 radical (unpaired) electrons. The van der Waals surface area contributed by atoms with E-state index < -0.39 is 10.0 Å². The van der Waals surface area contributed by atoms with Crippen LogP contribution in [0.15, 0.2) is 34.5 Å². The van der Waals surface area contributed by atoms with Crippen LogP contribution in [0.1, 0.15) is 16.3 Å². The Morgan fingerprint density at radius 3 is 2.75 bits per heavy atom. The van der Waals surface area contributed by atoms with E-state index in [2.05, 4.69) is 4.98 Å². The molecule has 0 bridgehead atoms. The summed E-state index contributed by atoms with van der Waals surface area (Å²) in [5.74, 6) is 0. The van der Waals surface area contributed by atoms with Crippen LogP contribution in [0.4, 0.5) is 0 Å². The van der Waals surface area contributed by atoms with E-state index >= 15 is 0 Å². The van der Waals surface area contributed by atoms with E-state index in [9.17, 15) is 8.42 Å². The number of rotatable bonds is 5. The van der Waals surface area contributed by atoms with Crippen molar-refractivity contribution < 1.29 is 8.42 Å². The molecule has 0 saturated heterocycles. The second-order valence-corrected chi connectivity index (χ2v) is 7.52. The van der Waals surface area contributed by atoms with Gasteiger partial charge in [0.25, 0.3) is 0 Å². The SMILES string of the molecule is Cc1cccc(CN(C)S(=O)(=O)c2csc(CN)c2)n1. The Morgan fingerprint density at radius 2 is 2.15 bits per heavy atom. The van der Waals surface area contributed by atoms with Gasteiger partial charge in [0.2, 0.25) is 10.0 Å². The minimum absolute atomic E-state index is 0.248. The average molecular weight is 311 g/mol.